The van der Waals surface area contributed by atoms with Crippen molar-refractivity contribution in [1.29, 1.82) is 0 Å². The van der Waals surface area contributed by atoms with Gasteiger partial charge >= 0.3 is 5.97 Å². The summed E-state index contributed by atoms with van der Waals surface area (Å²) in [5, 5.41) is 18.6. The van der Waals surface area contributed by atoms with Crippen LogP contribution >= 0.6 is 0 Å². The van der Waals surface area contributed by atoms with Crippen LogP contribution in [-0.4, -0.2) is 55.4 Å². The maximum atomic E-state index is 12.5. The van der Waals surface area contributed by atoms with E-state index in [9.17, 15) is 14.7 Å². The van der Waals surface area contributed by atoms with Gasteiger partial charge in [-0.25, -0.2) is 0 Å². The van der Waals surface area contributed by atoms with Crippen molar-refractivity contribution in [3.8, 4) is 11.5 Å². The Kier molecular flexibility index (Phi) is 8.11. The summed E-state index contributed by atoms with van der Waals surface area (Å²) in [5.41, 5.74) is 1.70. The molecule has 0 radical (unpaired) electrons. The number of hydrogen-bond acceptors (Lipinski definition) is 6. The van der Waals surface area contributed by atoms with Gasteiger partial charge in [0, 0.05) is 24.9 Å². The zero-order valence-corrected chi connectivity index (χ0v) is 19.1. The standard InChI is InChI=1S/C26H31NO6/c1-32-22-7-5-6-19(16-22)26(11-10-20(28)17-21(29)18-25(30)31)12-14-27(15-13-26)23-8-3-4-9-24(23)33-2/h3-11,16,21,29H,12-15,17-18H2,1-2H3,(H,30,31). The number of aliphatic hydroxyl groups excluding tert-OH is 1. The van der Waals surface area contributed by atoms with Crippen molar-refractivity contribution in [2.75, 3.05) is 32.2 Å². The fourth-order valence-electron chi connectivity index (χ4n) is 4.35. The highest BCUT2D eigenvalue weighted by molar-refractivity contribution is 5.90. The molecule has 0 amide bonds. The lowest BCUT2D eigenvalue weighted by Crippen LogP contribution is -2.42. The van der Waals surface area contributed by atoms with Gasteiger partial charge in [-0.1, -0.05) is 30.3 Å². The summed E-state index contributed by atoms with van der Waals surface area (Å²) in [6, 6.07) is 15.8. The predicted octanol–water partition coefficient (Wildman–Crippen LogP) is 3.59. The van der Waals surface area contributed by atoms with Gasteiger partial charge in [0.1, 0.15) is 11.5 Å². The van der Waals surface area contributed by atoms with Crippen LogP contribution in [0.1, 0.15) is 31.2 Å². The number of methoxy groups -OCH3 is 2. The van der Waals surface area contributed by atoms with Crippen molar-refractivity contribution in [2.24, 2.45) is 0 Å². The minimum atomic E-state index is -1.19. The molecule has 1 aliphatic rings. The molecule has 1 aliphatic heterocycles. The molecule has 0 saturated carbocycles. The van der Waals surface area contributed by atoms with Gasteiger partial charge in [-0.3, -0.25) is 9.59 Å². The molecule has 7 nitrogen and oxygen atoms in total. The fraction of sp³-hybridized carbons (Fsp3) is 0.385. The van der Waals surface area contributed by atoms with Gasteiger partial charge in [0.2, 0.25) is 0 Å². The maximum absolute atomic E-state index is 12.5. The van der Waals surface area contributed by atoms with Gasteiger partial charge in [0.05, 0.1) is 32.4 Å². The topological polar surface area (TPSA) is 96.3 Å². The summed E-state index contributed by atoms with van der Waals surface area (Å²) in [5.74, 6) is 0.147. The van der Waals surface area contributed by atoms with E-state index >= 15 is 0 Å². The van der Waals surface area contributed by atoms with Gasteiger partial charge in [-0.15, -0.1) is 0 Å². The molecule has 2 aromatic carbocycles. The Morgan fingerprint density at radius 3 is 2.45 bits per heavy atom. The Bertz CT molecular complexity index is 994. The first-order chi connectivity index (χ1) is 15.9. The Balaban J connectivity index is 1.83. The number of aliphatic carboxylic acids is 1. The number of carboxylic acids is 1. The van der Waals surface area contributed by atoms with E-state index in [1.807, 2.05) is 54.6 Å². The Morgan fingerprint density at radius 1 is 1.06 bits per heavy atom. The number of ketones is 1. The second-order valence-electron chi connectivity index (χ2n) is 8.30. The zero-order valence-electron chi connectivity index (χ0n) is 19.1. The number of allylic oxidation sites excluding steroid dienone is 2. The third kappa shape index (κ3) is 6.14. The number of piperidine rings is 1. The molecule has 1 heterocycles. The number of carbonyl (C=O) groups is 2. The molecule has 0 spiro atoms. The van der Waals surface area contributed by atoms with Crippen LogP contribution in [-0.2, 0) is 15.0 Å². The normalized spacial score (nSPS) is 16.4. The average molecular weight is 454 g/mol. The monoisotopic (exact) mass is 453 g/mol. The van der Waals surface area contributed by atoms with E-state index in [0.29, 0.717) is 0 Å². The third-order valence-corrected chi connectivity index (χ3v) is 6.16. The summed E-state index contributed by atoms with van der Waals surface area (Å²) in [4.78, 5) is 25.5. The predicted molar refractivity (Wildman–Crippen MR) is 126 cm³/mol. The van der Waals surface area contributed by atoms with Crippen LogP contribution < -0.4 is 14.4 Å². The number of benzene rings is 2. The van der Waals surface area contributed by atoms with Crippen LogP contribution in [0.5, 0.6) is 11.5 Å². The van der Waals surface area contributed by atoms with E-state index in [2.05, 4.69) is 4.90 Å². The largest absolute Gasteiger partial charge is 0.497 e. The van der Waals surface area contributed by atoms with Gasteiger partial charge in [-0.05, 0) is 48.7 Å². The maximum Gasteiger partial charge on any atom is 0.305 e. The first-order valence-electron chi connectivity index (χ1n) is 11.0. The molecule has 3 rings (SSSR count). The van der Waals surface area contributed by atoms with E-state index in [4.69, 9.17) is 14.6 Å². The highest BCUT2D eigenvalue weighted by Gasteiger charge is 2.35. The number of para-hydroxylation sites is 2. The van der Waals surface area contributed by atoms with E-state index in [-0.39, 0.29) is 17.6 Å². The van der Waals surface area contributed by atoms with Gasteiger partial charge in [0.15, 0.2) is 5.78 Å². The van der Waals surface area contributed by atoms with Crippen LogP contribution in [0.4, 0.5) is 5.69 Å². The minimum absolute atomic E-state index is 0.218. The van der Waals surface area contributed by atoms with Crippen LogP contribution in [0.15, 0.2) is 60.7 Å². The Labute approximate surface area is 194 Å². The van der Waals surface area contributed by atoms with E-state index < -0.39 is 18.5 Å². The first kappa shape index (κ1) is 24.3. The highest BCUT2D eigenvalue weighted by Crippen LogP contribution is 2.41. The summed E-state index contributed by atoms with van der Waals surface area (Å²) in [6.07, 6.45) is 3.07. The lowest BCUT2D eigenvalue weighted by Gasteiger charge is -2.42. The first-order valence-corrected chi connectivity index (χ1v) is 11.0. The average Bonchev–Trinajstić information content (AvgIpc) is 2.82. The van der Waals surface area contributed by atoms with Crippen LogP contribution in [0.25, 0.3) is 0 Å². The molecule has 7 heteroatoms. The van der Waals surface area contributed by atoms with Crippen molar-refractivity contribution in [3.05, 3.63) is 66.2 Å². The second kappa shape index (κ2) is 11.0. The van der Waals surface area contributed by atoms with Crippen LogP contribution in [0.3, 0.4) is 0 Å². The number of anilines is 1. The van der Waals surface area contributed by atoms with Crippen LogP contribution in [0.2, 0.25) is 0 Å². The lowest BCUT2D eigenvalue weighted by atomic mass is 9.72. The number of carboxylic acid groups (broad SMARTS) is 1. The summed E-state index contributed by atoms with van der Waals surface area (Å²) >= 11 is 0. The van der Waals surface area contributed by atoms with Crippen molar-refractivity contribution in [1.82, 2.24) is 0 Å². The number of aliphatic hydroxyl groups is 1. The molecule has 33 heavy (non-hydrogen) atoms. The molecule has 0 aliphatic carbocycles. The molecule has 0 bridgehead atoms. The van der Waals surface area contributed by atoms with Crippen LogP contribution in [0, 0.1) is 0 Å². The third-order valence-electron chi connectivity index (χ3n) is 6.16. The summed E-state index contributed by atoms with van der Waals surface area (Å²) in [7, 11) is 3.29. The van der Waals surface area contributed by atoms with E-state index in [0.717, 1.165) is 48.7 Å². The van der Waals surface area contributed by atoms with Crippen molar-refractivity contribution >= 4 is 17.4 Å². The second-order valence-corrected chi connectivity index (χ2v) is 8.30. The Morgan fingerprint density at radius 2 is 1.79 bits per heavy atom. The molecular formula is C26H31NO6. The van der Waals surface area contributed by atoms with Gasteiger partial charge < -0.3 is 24.6 Å². The number of ether oxygens (including phenoxy) is 2. The Hall–Kier alpha value is -3.32. The zero-order chi connectivity index (χ0) is 23.8. The van der Waals surface area contributed by atoms with E-state index in [1.165, 1.54) is 6.08 Å². The number of hydrogen-bond donors (Lipinski definition) is 2. The van der Waals surface area contributed by atoms with Crippen molar-refractivity contribution < 1.29 is 29.3 Å². The number of rotatable bonds is 10. The minimum Gasteiger partial charge on any atom is -0.497 e. The van der Waals surface area contributed by atoms with Gasteiger partial charge in [0.25, 0.3) is 0 Å². The number of nitrogens with zero attached hydrogens (tertiary/aromatic N) is 1. The smallest absolute Gasteiger partial charge is 0.305 e. The SMILES string of the molecule is COc1cccc(C2(C=CC(=O)CC(O)CC(=O)O)CCN(c3ccccc3OC)CC2)c1. The summed E-state index contributed by atoms with van der Waals surface area (Å²) < 4.78 is 10.9. The molecule has 2 N–H and O–H groups in total. The van der Waals surface area contributed by atoms with Crippen molar-refractivity contribution in [3.63, 3.8) is 0 Å². The quantitative estimate of drug-likeness (QED) is 0.531. The van der Waals surface area contributed by atoms with Crippen molar-refractivity contribution in [2.45, 2.75) is 37.2 Å². The molecule has 1 saturated heterocycles. The van der Waals surface area contributed by atoms with Gasteiger partial charge in [-0.2, -0.15) is 0 Å². The molecule has 1 unspecified atom stereocenters. The lowest BCUT2D eigenvalue weighted by molar-refractivity contribution is -0.139. The summed E-state index contributed by atoms with van der Waals surface area (Å²) in [6.45, 7) is 1.52. The molecule has 176 valence electrons. The molecule has 0 aromatic heterocycles. The molecule has 1 fully saturated rings. The van der Waals surface area contributed by atoms with E-state index in [1.54, 1.807) is 14.2 Å². The highest BCUT2D eigenvalue weighted by atomic mass is 16.5. The molecular weight excluding hydrogens is 422 g/mol. The fourth-order valence-corrected chi connectivity index (χ4v) is 4.35. The number of carbonyl (C=O) groups excluding carboxylic acids is 1. The molecule has 1 atom stereocenters. The molecule has 2 aromatic rings.